The van der Waals surface area contributed by atoms with E-state index in [0.717, 1.165) is 18.4 Å². The lowest BCUT2D eigenvalue weighted by molar-refractivity contribution is -0.158. The summed E-state index contributed by atoms with van der Waals surface area (Å²) in [5.74, 6) is -0.233. The van der Waals surface area contributed by atoms with E-state index in [2.05, 4.69) is 6.92 Å². The van der Waals surface area contributed by atoms with Crippen LogP contribution in [0.1, 0.15) is 73.1 Å². The average Bonchev–Trinajstić information content (AvgIpc) is 2.33. The summed E-state index contributed by atoms with van der Waals surface area (Å²) >= 11 is 0. The average molecular weight is 292 g/mol. The van der Waals surface area contributed by atoms with Crippen molar-refractivity contribution in [3.8, 4) is 0 Å². The second kappa shape index (κ2) is 5.58. The van der Waals surface area contributed by atoms with Crippen LogP contribution in [0.5, 0.6) is 0 Å². The van der Waals surface area contributed by atoms with Crippen molar-refractivity contribution < 1.29 is 14.3 Å². The standard InChI is InChI=1S/C18H28O3/c1-12-13-8-6-7-9-18(13,5)10-14(16(12)20)21-15(19)11-17(2,3)4/h14H,6-11H2,1-5H3/t14-,18-/m0/s1. The molecule has 21 heavy (non-hydrogen) atoms. The van der Waals surface area contributed by atoms with Crippen molar-refractivity contribution in [1.82, 2.24) is 0 Å². The molecule has 2 aliphatic rings. The quantitative estimate of drug-likeness (QED) is 0.716. The maximum atomic E-state index is 12.5. The van der Waals surface area contributed by atoms with Crippen LogP contribution in [-0.2, 0) is 14.3 Å². The van der Waals surface area contributed by atoms with Gasteiger partial charge in [-0.25, -0.2) is 0 Å². The van der Waals surface area contributed by atoms with Crippen molar-refractivity contribution >= 4 is 11.8 Å². The lowest BCUT2D eigenvalue weighted by Crippen LogP contribution is -2.42. The molecule has 2 rings (SSSR count). The molecule has 0 N–H and O–H groups in total. The number of carbonyl (C=O) groups is 2. The normalized spacial score (nSPS) is 30.1. The van der Waals surface area contributed by atoms with Crippen LogP contribution in [0.3, 0.4) is 0 Å². The van der Waals surface area contributed by atoms with Gasteiger partial charge in [-0.1, -0.05) is 39.7 Å². The Labute approximate surface area is 128 Å². The number of ketones is 1. The van der Waals surface area contributed by atoms with Crippen molar-refractivity contribution in [2.45, 2.75) is 79.2 Å². The molecule has 0 heterocycles. The van der Waals surface area contributed by atoms with Gasteiger partial charge in [-0.2, -0.15) is 0 Å². The van der Waals surface area contributed by atoms with Crippen molar-refractivity contribution in [2.24, 2.45) is 10.8 Å². The Morgan fingerprint density at radius 2 is 2.00 bits per heavy atom. The van der Waals surface area contributed by atoms with Crippen molar-refractivity contribution in [3.05, 3.63) is 11.1 Å². The van der Waals surface area contributed by atoms with Crippen molar-refractivity contribution in [2.75, 3.05) is 0 Å². The summed E-state index contributed by atoms with van der Waals surface area (Å²) in [4.78, 5) is 24.5. The summed E-state index contributed by atoms with van der Waals surface area (Å²) in [7, 11) is 0. The second-order valence-corrected chi connectivity index (χ2v) is 8.16. The summed E-state index contributed by atoms with van der Waals surface area (Å²) in [6.07, 6.45) is 4.93. The molecule has 0 aromatic heterocycles. The van der Waals surface area contributed by atoms with Gasteiger partial charge >= 0.3 is 5.97 Å². The van der Waals surface area contributed by atoms with Crippen molar-refractivity contribution in [1.29, 1.82) is 0 Å². The molecule has 0 spiro atoms. The second-order valence-electron chi connectivity index (χ2n) is 8.16. The van der Waals surface area contributed by atoms with E-state index in [1.54, 1.807) is 0 Å². The Morgan fingerprint density at radius 3 is 2.62 bits per heavy atom. The Bertz CT molecular complexity index is 481. The van der Waals surface area contributed by atoms with Gasteiger partial charge < -0.3 is 4.74 Å². The molecule has 0 radical (unpaired) electrons. The predicted molar refractivity (Wildman–Crippen MR) is 82.9 cm³/mol. The molecular weight excluding hydrogens is 264 g/mol. The minimum atomic E-state index is -0.577. The fourth-order valence-corrected chi connectivity index (χ4v) is 3.76. The molecule has 0 unspecified atom stereocenters. The fourth-order valence-electron chi connectivity index (χ4n) is 3.76. The zero-order chi connectivity index (χ0) is 15.8. The van der Waals surface area contributed by atoms with Gasteiger partial charge in [0.05, 0.1) is 6.42 Å². The summed E-state index contributed by atoms with van der Waals surface area (Å²) in [6, 6.07) is 0. The third kappa shape index (κ3) is 3.56. The van der Waals surface area contributed by atoms with E-state index in [1.165, 1.54) is 18.4 Å². The van der Waals surface area contributed by atoms with E-state index < -0.39 is 6.10 Å². The maximum absolute atomic E-state index is 12.5. The van der Waals surface area contributed by atoms with Crippen LogP contribution in [0, 0.1) is 10.8 Å². The van der Waals surface area contributed by atoms with Crippen LogP contribution in [0.25, 0.3) is 0 Å². The number of ether oxygens (including phenoxy) is 1. The Kier molecular flexibility index (Phi) is 4.32. The molecule has 0 aromatic rings. The van der Waals surface area contributed by atoms with E-state index in [1.807, 2.05) is 27.7 Å². The zero-order valence-electron chi connectivity index (χ0n) is 14.0. The molecule has 0 saturated heterocycles. The van der Waals surface area contributed by atoms with Gasteiger partial charge in [-0.05, 0) is 42.6 Å². The van der Waals surface area contributed by atoms with E-state index in [-0.39, 0.29) is 22.6 Å². The molecule has 2 aliphatic carbocycles. The summed E-state index contributed by atoms with van der Waals surface area (Å²) in [6.45, 7) is 10.1. The van der Waals surface area contributed by atoms with E-state index in [4.69, 9.17) is 4.74 Å². The highest BCUT2D eigenvalue weighted by atomic mass is 16.5. The van der Waals surface area contributed by atoms with Gasteiger partial charge in [0.2, 0.25) is 0 Å². The molecule has 3 heteroatoms. The van der Waals surface area contributed by atoms with Crippen LogP contribution in [0.15, 0.2) is 11.1 Å². The van der Waals surface area contributed by atoms with Gasteiger partial charge in [-0.3, -0.25) is 9.59 Å². The fraction of sp³-hybridized carbons (Fsp3) is 0.778. The van der Waals surface area contributed by atoms with Gasteiger partial charge in [0, 0.05) is 6.42 Å². The molecule has 0 amide bonds. The molecule has 3 nitrogen and oxygen atoms in total. The Hall–Kier alpha value is -1.12. The smallest absolute Gasteiger partial charge is 0.307 e. The molecule has 118 valence electrons. The first-order valence-corrected chi connectivity index (χ1v) is 8.06. The number of Topliss-reactive ketones (excluding diaryl/α,β-unsaturated/α-hetero) is 1. The molecule has 1 saturated carbocycles. The Morgan fingerprint density at radius 1 is 1.33 bits per heavy atom. The SMILES string of the molecule is CC1=C2CCCC[C@@]2(C)C[C@H](OC(=O)CC(C)(C)C)C1=O. The first-order chi connectivity index (χ1) is 9.62. The van der Waals surface area contributed by atoms with Gasteiger partial charge in [0.1, 0.15) is 0 Å². The van der Waals surface area contributed by atoms with Gasteiger partial charge in [-0.15, -0.1) is 0 Å². The topological polar surface area (TPSA) is 43.4 Å². The first-order valence-electron chi connectivity index (χ1n) is 8.06. The predicted octanol–water partition coefficient (Wildman–Crippen LogP) is 4.20. The number of hydrogen-bond donors (Lipinski definition) is 0. The van der Waals surface area contributed by atoms with Crippen LogP contribution >= 0.6 is 0 Å². The van der Waals surface area contributed by atoms with Crippen molar-refractivity contribution in [3.63, 3.8) is 0 Å². The largest absolute Gasteiger partial charge is 0.454 e. The lowest BCUT2D eigenvalue weighted by Gasteiger charge is -2.43. The van der Waals surface area contributed by atoms with Gasteiger partial charge in [0.25, 0.3) is 0 Å². The van der Waals surface area contributed by atoms with Crippen LogP contribution in [0.2, 0.25) is 0 Å². The van der Waals surface area contributed by atoms with E-state index >= 15 is 0 Å². The highest BCUT2D eigenvalue weighted by Gasteiger charge is 2.44. The minimum absolute atomic E-state index is 0.0200. The summed E-state index contributed by atoms with van der Waals surface area (Å²) < 4.78 is 5.54. The van der Waals surface area contributed by atoms with Crippen LogP contribution in [0.4, 0.5) is 0 Å². The highest BCUT2D eigenvalue weighted by Crippen LogP contribution is 2.49. The number of allylic oxidation sites excluding steroid dienone is 1. The number of rotatable bonds is 2. The summed E-state index contributed by atoms with van der Waals surface area (Å²) in [5, 5.41) is 0. The zero-order valence-corrected chi connectivity index (χ0v) is 14.0. The highest BCUT2D eigenvalue weighted by molar-refractivity contribution is 6.01. The lowest BCUT2D eigenvalue weighted by atomic mass is 9.63. The van der Waals surface area contributed by atoms with Crippen LogP contribution in [-0.4, -0.2) is 17.9 Å². The minimum Gasteiger partial charge on any atom is -0.454 e. The first kappa shape index (κ1) is 16.3. The third-order valence-corrected chi connectivity index (χ3v) is 4.83. The molecule has 0 aromatic carbocycles. The number of carbonyl (C=O) groups excluding carboxylic acids is 2. The molecule has 1 fully saturated rings. The Balaban J connectivity index is 2.14. The molecule has 2 atom stereocenters. The molecular formula is C18H28O3. The summed E-state index contributed by atoms with van der Waals surface area (Å²) in [5.41, 5.74) is 2.08. The number of esters is 1. The molecule has 0 aliphatic heterocycles. The maximum Gasteiger partial charge on any atom is 0.307 e. The van der Waals surface area contributed by atoms with Crippen LogP contribution < -0.4 is 0 Å². The van der Waals surface area contributed by atoms with E-state index in [0.29, 0.717) is 12.8 Å². The number of fused-ring (bicyclic) bond motifs is 1. The molecule has 0 bridgehead atoms. The number of hydrogen-bond acceptors (Lipinski definition) is 3. The monoisotopic (exact) mass is 292 g/mol. The third-order valence-electron chi connectivity index (χ3n) is 4.83. The van der Waals surface area contributed by atoms with E-state index in [9.17, 15) is 9.59 Å². The van der Waals surface area contributed by atoms with Gasteiger partial charge in [0.15, 0.2) is 11.9 Å².